The van der Waals surface area contributed by atoms with Crippen molar-refractivity contribution >= 4 is 11.7 Å². The summed E-state index contributed by atoms with van der Waals surface area (Å²) in [7, 11) is 1.97. The summed E-state index contributed by atoms with van der Waals surface area (Å²) in [6.07, 6.45) is 7.08. The van der Waals surface area contributed by atoms with Crippen LogP contribution in [0, 0.1) is 0 Å². The molecule has 5 nitrogen and oxygen atoms in total. The molecular formula is C14H21N3O2. The van der Waals surface area contributed by atoms with Gasteiger partial charge in [-0.25, -0.2) is 9.78 Å². The van der Waals surface area contributed by atoms with Crippen LogP contribution < -0.4 is 5.32 Å². The maximum Gasteiger partial charge on any atom is 0.407 e. The third-order valence-corrected chi connectivity index (χ3v) is 2.98. The fourth-order valence-corrected chi connectivity index (χ4v) is 2.18. The number of amides is 1. The largest absolute Gasteiger partial charge is 0.444 e. The van der Waals surface area contributed by atoms with Gasteiger partial charge >= 0.3 is 6.09 Å². The Hall–Kier alpha value is -1.78. The lowest BCUT2D eigenvalue weighted by Gasteiger charge is -2.21. The molecule has 0 bridgehead atoms. The summed E-state index contributed by atoms with van der Waals surface area (Å²) in [5.74, 6) is 0. The SMILES string of the molecule is Cn1cncc1C1=CCC(NC(=O)OC(C)(C)C)C1. The number of aryl methyl sites for hydroxylation is 1. The topological polar surface area (TPSA) is 56.2 Å². The Morgan fingerprint density at radius 3 is 2.84 bits per heavy atom. The first-order valence-electron chi connectivity index (χ1n) is 6.50. The van der Waals surface area contributed by atoms with Crippen molar-refractivity contribution in [1.82, 2.24) is 14.9 Å². The highest BCUT2D eigenvalue weighted by Gasteiger charge is 2.24. The van der Waals surface area contributed by atoms with Gasteiger partial charge < -0.3 is 14.6 Å². The molecule has 0 aliphatic heterocycles. The van der Waals surface area contributed by atoms with E-state index >= 15 is 0 Å². The van der Waals surface area contributed by atoms with E-state index in [-0.39, 0.29) is 12.1 Å². The minimum Gasteiger partial charge on any atom is -0.444 e. The molecule has 0 radical (unpaired) electrons. The lowest BCUT2D eigenvalue weighted by molar-refractivity contribution is 0.0507. The third kappa shape index (κ3) is 3.59. The Labute approximate surface area is 113 Å². The van der Waals surface area contributed by atoms with Crippen LogP contribution in [0.3, 0.4) is 0 Å². The highest BCUT2D eigenvalue weighted by atomic mass is 16.6. The number of alkyl carbamates (subject to hydrolysis) is 1. The summed E-state index contributed by atoms with van der Waals surface area (Å²) in [6, 6.07) is 0.111. The van der Waals surface area contributed by atoms with Crippen LogP contribution in [0.15, 0.2) is 18.6 Å². The van der Waals surface area contributed by atoms with Crippen LogP contribution in [0.1, 0.15) is 39.3 Å². The average Bonchev–Trinajstić information content (AvgIpc) is 2.83. The van der Waals surface area contributed by atoms with Crippen molar-refractivity contribution in [1.29, 1.82) is 0 Å². The van der Waals surface area contributed by atoms with Crippen molar-refractivity contribution in [3.05, 3.63) is 24.3 Å². The first-order chi connectivity index (χ1) is 8.85. The molecule has 0 aromatic carbocycles. The van der Waals surface area contributed by atoms with Crippen LogP contribution in [-0.4, -0.2) is 27.3 Å². The number of carbonyl (C=O) groups excluding carboxylic acids is 1. The number of nitrogens with zero attached hydrogens (tertiary/aromatic N) is 2. The third-order valence-electron chi connectivity index (χ3n) is 2.98. The second-order valence-electron chi connectivity index (χ2n) is 5.90. The van der Waals surface area contributed by atoms with Gasteiger partial charge in [0.25, 0.3) is 0 Å². The summed E-state index contributed by atoms with van der Waals surface area (Å²) in [6.45, 7) is 5.58. The van der Waals surface area contributed by atoms with Gasteiger partial charge in [-0.05, 0) is 39.2 Å². The van der Waals surface area contributed by atoms with Gasteiger partial charge in [0, 0.05) is 13.1 Å². The molecular weight excluding hydrogens is 242 g/mol. The Morgan fingerprint density at radius 1 is 1.53 bits per heavy atom. The average molecular weight is 263 g/mol. The van der Waals surface area contributed by atoms with Gasteiger partial charge in [-0.15, -0.1) is 0 Å². The smallest absolute Gasteiger partial charge is 0.407 e. The molecule has 1 aromatic rings. The molecule has 1 N–H and O–H groups in total. The summed E-state index contributed by atoms with van der Waals surface area (Å²) < 4.78 is 7.25. The zero-order valence-corrected chi connectivity index (χ0v) is 11.9. The number of imidazole rings is 1. The van der Waals surface area contributed by atoms with E-state index < -0.39 is 5.60 Å². The zero-order chi connectivity index (χ0) is 14.0. The van der Waals surface area contributed by atoms with E-state index in [1.807, 2.05) is 38.6 Å². The Kier molecular flexibility index (Phi) is 3.64. The van der Waals surface area contributed by atoms with Crippen LogP contribution in [-0.2, 0) is 11.8 Å². The summed E-state index contributed by atoms with van der Waals surface area (Å²) in [5.41, 5.74) is 1.87. The number of aromatic nitrogens is 2. The van der Waals surface area contributed by atoms with Crippen LogP contribution >= 0.6 is 0 Å². The molecule has 104 valence electrons. The molecule has 1 aromatic heterocycles. The van der Waals surface area contributed by atoms with E-state index in [9.17, 15) is 4.79 Å². The first kappa shape index (κ1) is 13.6. The predicted octanol–water partition coefficient (Wildman–Crippen LogP) is 2.49. The summed E-state index contributed by atoms with van der Waals surface area (Å²) in [4.78, 5) is 15.8. The molecule has 1 amide bonds. The molecule has 19 heavy (non-hydrogen) atoms. The van der Waals surface area contributed by atoms with Gasteiger partial charge in [-0.2, -0.15) is 0 Å². The lowest BCUT2D eigenvalue weighted by atomic mass is 10.1. The van der Waals surface area contributed by atoms with Gasteiger partial charge in [0.15, 0.2) is 0 Å². The fourth-order valence-electron chi connectivity index (χ4n) is 2.18. The monoisotopic (exact) mass is 263 g/mol. The van der Waals surface area contributed by atoms with Crippen LogP contribution in [0.25, 0.3) is 5.57 Å². The predicted molar refractivity (Wildman–Crippen MR) is 73.6 cm³/mol. The molecule has 0 saturated heterocycles. The molecule has 1 aliphatic carbocycles. The summed E-state index contributed by atoms with van der Waals surface area (Å²) >= 11 is 0. The number of ether oxygens (including phenoxy) is 1. The van der Waals surface area contributed by atoms with Crippen molar-refractivity contribution in [2.24, 2.45) is 7.05 Å². The quantitative estimate of drug-likeness (QED) is 0.892. The molecule has 1 unspecified atom stereocenters. The van der Waals surface area contributed by atoms with E-state index in [4.69, 9.17) is 4.74 Å². The number of nitrogens with one attached hydrogen (secondary N) is 1. The van der Waals surface area contributed by atoms with E-state index in [0.29, 0.717) is 0 Å². The van der Waals surface area contributed by atoms with Crippen molar-refractivity contribution in [3.63, 3.8) is 0 Å². The number of rotatable bonds is 2. The number of carbonyl (C=O) groups is 1. The molecule has 0 saturated carbocycles. The van der Waals surface area contributed by atoms with Crippen molar-refractivity contribution in [2.75, 3.05) is 0 Å². The fraction of sp³-hybridized carbons (Fsp3) is 0.571. The number of hydrogen-bond donors (Lipinski definition) is 1. The standard InChI is InChI=1S/C14H21N3O2/c1-14(2,3)19-13(18)16-11-6-5-10(7-11)12-8-15-9-17(12)4/h5,8-9,11H,6-7H2,1-4H3,(H,16,18). The molecule has 1 heterocycles. The van der Waals surface area contributed by atoms with E-state index in [1.165, 1.54) is 5.57 Å². The minimum absolute atomic E-state index is 0.111. The summed E-state index contributed by atoms with van der Waals surface area (Å²) in [5, 5.41) is 2.90. The maximum absolute atomic E-state index is 11.7. The van der Waals surface area contributed by atoms with E-state index in [0.717, 1.165) is 18.5 Å². The molecule has 1 aliphatic rings. The Morgan fingerprint density at radius 2 is 2.26 bits per heavy atom. The van der Waals surface area contributed by atoms with Gasteiger partial charge in [0.2, 0.25) is 0 Å². The Balaban J connectivity index is 1.88. The van der Waals surface area contributed by atoms with E-state index in [2.05, 4.69) is 16.4 Å². The normalized spacial score (nSPS) is 19.2. The molecule has 2 rings (SSSR count). The van der Waals surface area contributed by atoms with Crippen molar-refractivity contribution in [3.8, 4) is 0 Å². The Bertz CT molecular complexity index is 497. The van der Waals surface area contributed by atoms with E-state index in [1.54, 1.807) is 6.33 Å². The molecule has 0 spiro atoms. The molecule has 1 atom stereocenters. The van der Waals surface area contributed by atoms with Crippen LogP contribution in [0.5, 0.6) is 0 Å². The first-order valence-corrected chi connectivity index (χ1v) is 6.50. The van der Waals surface area contributed by atoms with Gasteiger partial charge in [-0.3, -0.25) is 0 Å². The lowest BCUT2D eigenvalue weighted by Crippen LogP contribution is -2.38. The van der Waals surface area contributed by atoms with Crippen LogP contribution in [0.4, 0.5) is 4.79 Å². The minimum atomic E-state index is -0.457. The van der Waals surface area contributed by atoms with Gasteiger partial charge in [0.05, 0.1) is 18.2 Å². The van der Waals surface area contributed by atoms with Gasteiger partial charge in [-0.1, -0.05) is 6.08 Å². The second-order valence-corrected chi connectivity index (χ2v) is 5.90. The van der Waals surface area contributed by atoms with Crippen molar-refractivity contribution in [2.45, 2.75) is 45.3 Å². The zero-order valence-electron chi connectivity index (χ0n) is 11.9. The highest BCUT2D eigenvalue weighted by molar-refractivity contribution is 5.71. The van der Waals surface area contributed by atoms with Gasteiger partial charge in [0.1, 0.15) is 5.60 Å². The molecule has 5 heteroatoms. The molecule has 0 fully saturated rings. The van der Waals surface area contributed by atoms with Crippen LogP contribution in [0.2, 0.25) is 0 Å². The van der Waals surface area contributed by atoms with Crippen molar-refractivity contribution < 1.29 is 9.53 Å². The second kappa shape index (κ2) is 5.07. The maximum atomic E-state index is 11.7. The number of hydrogen-bond acceptors (Lipinski definition) is 3. The highest BCUT2D eigenvalue weighted by Crippen LogP contribution is 2.27.